The van der Waals surface area contributed by atoms with E-state index < -0.39 is 17.6 Å². The molecule has 3 aromatic rings. The Bertz CT molecular complexity index is 1240. The van der Waals surface area contributed by atoms with Crippen LogP contribution < -0.4 is 15.4 Å². The molecule has 1 saturated carbocycles. The van der Waals surface area contributed by atoms with Gasteiger partial charge in [0.05, 0.1) is 5.56 Å². The molecule has 0 bridgehead atoms. The number of thiazole rings is 1. The first kappa shape index (κ1) is 27.6. The summed E-state index contributed by atoms with van der Waals surface area (Å²) >= 11 is 1.33. The zero-order chi connectivity index (χ0) is 27.3. The van der Waals surface area contributed by atoms with Crippen molar-refractivity contribution in [3.05, 3.63) is 81.3 Å². The SMILES string of the molecule is CC(C)c1ccc(OCc2nc(C(=O)N[C@@H]3CCCC[C@@H]3NC(=O)c3ccc(C(F)(F)F)cc3)cs2)cc1. The molecular formula is C28H30F3N3O3S. The lowest BCUT2D eigenvalue weighted by Gasteiger charge is -2.32. The smallest absolute Gasteiger partial charge is 0.416 e. The van der Waals surface area contributed by atoms with Gasteiger partial charge in [0, 0.05) is 23.0 Å². The lowest BCUT2D eigenvalue weighted by molar-refractivity contribution is -0.137. The van der Waals surface area contributed by atoms with Crippen molar-refractivity contribution in [2.75, 3.05) is 0 Å². The molecule has 0 aliphatic heterocycles. The van der Waals surface area contributed by atoms with E-state index in [-0.39, 0.29) is 35.9 Å². The summed E-state index contributed by atoms with van der Waals surface area (Å²) in [7, 11) is 0. The maximum Gasteiger partial charge on any atom is 0.416 e. The number of benzene rings is 2. The maximum absolute atomic E-state index is 12.9. The molecular weight excluding hydrogens is 515 g/mol. The first-order valence-electron chi connectivity index (χ1n) is 12.6. The van der Waals surface area contributed by atoms with Gasteiger partial charge in [0.15, 0.2) is 0 Å². The van der Waals surface area contributed by atoms with Crippen LogP contribution in [0.25, 0.3) is 0 Å². The summed E-state index contributed by atoms with van der Waals surface area (Å²) in [4.78, 5) is 30.0. The average Bonchev–Trinajstić information content (AvgIpc) is 3.38. The van der Waals surface area contributed by atoms with Crippen LogP contribution >= 0.6 is 11.3 Å². The minimum absolute atomic E-state index is 0.136. The number of nitrogens with zero attached hydrogens (tertiary/aromatic N) is 1. The number of amides is 2. The van der Waals surface area contributed by atoms with Crippen LogP contribution in [0.1, 0.15) is 82.4 Å². The summed E-state index contributed by atoms with van der Waals surface area (Å²) in [6.07, 6.45) is -1.36. The Morgan fingerprint density at radius 3 is 2.16 bits per heavy atom. The molecule has 2 atom stereocenters. The van der Waals surface area contributed by atoms with E-state index in [1.807, 2.05) is 24.3 Å². The van der Waals surface area contributed by atoms with Gasteiger partial charge in [0.2, 0.25) is 0 Å². The van der Waals surface area contributed by atoms with Crippen LogP contribution in [0.3, 0.4) is 0 Å². The summed E-state index contributed by atoms with van der Waals surface area (Å²) in [5.74, 6) is 0.351. The summed E-state index contributed by atoms with van der Waals surface area (Å²) in [6, 6.07) is 11.3. The first-order chi connectivity index (χ1) is 18.1. The Labute approximate surface area is 223 Å². The van der Waals surface area contributed by atoms with E-state index in [1.54, 1.807) is 5.38 Å². The third-order valence-corrected chi connectivity index (χ3v) is 7.39. The largest absolute Gasteiger partial charge is 0.486 e. The van der Waals surface area contributed by atoms with Gasteiger partial charge in [-0.25, -0.2) is 4.98 Å². The second-order valence-electron chi connectivity index (χ2n) is 9.66. The molecule has 38 heavy (non-hydrogen) atoms. The number of carbonyl (C=O) groups excluding carboxylic acids is 2. The lowest BCUT2D eigenvalue weighted by Crippen LogP contribution is -2.53. The maximum atomic E-state index is 12.9. The third kappa shape index (κ3) is 7.12. The summed E-state index contributed by atoms with van der Waals surface area (Å²) < 4.78 is 44.2. The fraction of sp³-hybridized carbons (Fsp3) is 0.393. The van der Waals surface area contributed by atoms with Crippen molar-refractivity contribution >= 4 is 23.2 Å². The minimum atomic E-state index is -4.46. The number of rotatable bonds is 8. The Morgan fingerprint density at radius 2 is 1.58 bits per heavy atom. The van der Waals surface area contributed by atoms with Crippen LogP contribution in [0, 0.1) is 0 Å². The molecule has 2 N–H and O–H groups in total. The van der Waals surface area contributed by atoms with Crippen molar-refractivity contribution in [3.63, 3.8) is 0 Å². The van der Waals surface area contributed by atoms with E-state index in [4.69, 9.17) is 4.74 Å². The van der Waals surface area contributed by atoms with Crippen molar-refractivity contribution < 1.29 is 27.5 Å². The van der Waals surface area contributed by atoms with Gasteiger partial charge in [0.25, 0.3) is 11.8 Å². The van der Waals surface area contributed by atoms with Crippen molar-refractivity contribution in [1.82, 2.24) is 15.6 Å². The second kappa shape index (κ2) is 12.0. The molecule has 0 radical (unpaired) electrons. The summed E-state index contributed by atoms with van der Waals surface area (Å²) in [5.41, 5.74) is 0.829. The Hall–Kier alpha value is -3.40. The quantitative estimate of drug-likeness (QED) is 0.346. The van der Waals surface area contributed by atoms with Crippen molar-refractivity contribution in [3.8, 4) is 5.75 Å². The van der Waals surface area contributed by atoms with E-state index >= 15 is 0 Å². The Balaban J connectivity index is 1.32. The molecule has 0 spiro atoms. The predicted octanol–water partition coefficient (Wildman–Crippen LogP) is 6.34. The third-order valence-electron chi connectivity index (χ3n) is 6.57. The molecule has 1 fully saturated rings. The van der Waals surface area contributed by atoms with Gasteiger partial charge >= 0.3 is 6.18 Å². The molecule has 202 valence electrons. The Kier molecular flexibility index (Phi) is 8.71. The highest BCUT2D eigenvalue weighted by Gasteiger charge is 2.31. The topological polar surface area (TPSA) is 80.3 Å². The molecule has 1 heterocycles. The van der Waals surface area contributed by atoms with E-state index in [2.05, 4.69) is 29.5 Å². The van der Waals surface area contributed by atoms with E-state index in [0.717, 1.165) is 42.9 Å². The number of ether oxygens (including phenoxy) is 1. The molecule has 2 amide bonds. The van der Waals surface area contributed by atoms with Gasteiger partial charge in [-0.1, -0.05) is 38.8 Å². The van der Waals surface area contributed by atoms with E-state index in [1.165, 1.54) is 16.9 Å². The van der Waals surface area contributed by atoms with Gasteiger partial charge in [-0.15, -0.1) is 11.3 Å². The van der Waals surface area contributed by atoms with Crippen LogP contribution in [-0.2, 0) is 12.8 Å². The van der Waals surface area contributed by atoms with Crippen LogP contribution in [0.15, 0.2) is 53.9 Å². The molecule has 10 heteroatoms. The number of hydrogen-bond donors (Lipinski definition) is 2. The van der Waals surface area contributed by atoms with Crippen LogP contribution in [0.5, 0.6) is 5.75 Å². The van der Waals surface area contributed by atoms with E-state index in [0.29, 0.717) is 23.8 Å². The Morgan fingerprint density at radius 1 is 0.974 bits per heavy atom. The first-order valence-corrected chi connectivity index (χ1v) is 13.4. The second-order valence-corrected chi connectivity index (χ2v) is 10.6. The molecule has 1 aliphatic carbocycles. The number of alkyl halides is 3. The molecule has 6 nitrogen and oxygen atoms in total. The standard InChI is InChI=1S/C28H30F3N3O3S/c1-17(2)18-9-13-21(14-10-18)37-15-25-32-24(16-38-25)27(36)34-23-6-4-3-5-22(23)33-26(35)19-7-11-20(12-8-19)28(29,30)31/h7-14,16-17,22-23H,3-6,15H2,1-2H3,(H,33,35)(H,34,36)/t22-,23+/m0/s1. The predicted molar refractivity (Wildman–Crippen MR) is 139 cm³/mol. The normalized spacial score (nSPS) is 17.7. The van der Waals surface area contributed by atoms with Gasteiger partial charge in [0.1, 0.15) is 23.1 Å². The van der Waals surface area contributed by atoms with Crippen LogP contribution in [0.2, 0.25) is 0 Å². The molecule has 2 aromatic carbocycles. The van der Waals surface area contributed by atoms with Crippen molar-refractivity contribution in [2.24, 2.45) is 0 Å². The number of aromatic nitrogens is 1. The highest BCUT2D eigenvalue weighted by molar-refractivity contribution is 7.09. The van der Waals surface area contributed by atoms with Crippen LogP contribution in [0.4, 0.5) is 13.2 Å². The molecule has 0 unspecified atom stereocenters. The fourth-order valence-electron chi connectivity index (χ4n) is 4.36. The van der Waals surface area contributed by atoms with Crippen molar-refractivity contribution in [1.29, 1.82) is 0 Å². The average molecular weight is 546 g/mol. The van der Waals surface area contributed by atoms with Crippen LogP contribution in [-0.4, -0.2) is 28.9 Å². The molecule has 1 aromatic heterocycles. The summed E-state index contributed by atoms with van der Waals surface area (Å²) in [5, 5.41) is 8.20. The molecule has 0 saturated heterocycles. The van der Waals surface area contributed by atoms with Gasteiger partial charge in [-0.2, -0.15) is 13.2 Å². The van der Waals surface area contributed by atoms with Crippen molar-refractivity contribution in [2.45, 2.75) is 70.3 Å². The summed E-state index contributed by atoms with van der Waals surface area (Å²) in [6.45, 7) is 4.50. The number of hydrogen-bond acceptors (Lipinski definition) is 5. The monoisotopic (exact) mass is 545 g/mol. The lowest BCUT2D eigenvalue weighted by atomic mass is 9.90. The highest BCUT2D eigenvalue weighted by atomic mass is 32.1. The molecule has 4 rings (SSSR count). The minimum Gasteiger partial charge on any atom is -0.486 e. The van der Waals surface area contributed by atoms with Gasteiger partial charge in [-0.3, -0.25) is 9.59 Å². The van der Waals surface area contributed by atoms with Gasteiger partial charge in [-0.05, 0) is 60.7 Å². The van der Waals surface area contributed by atoms with E-state index in [9.17, 15) is 22.8 Å². The molecule has 1 aliphatic rings. The zero-order valence-electron chi connectivity index (χ0n) is 21.2. The highest BCUT2D eigenvalue weighted by Crippen LogP contribution is 2.29. The number of carbonyl (C=O) groups is 2. The van der Waals surface area contributed by atoms with Gasteiger partial charge < -0.3 is 15.4 Å². The number of nitrogens with one attached hydrogen (secondary N) is 2. The zero-order valence-corrected chi connectivity index (χ0v) is 22.0. The number of halogens is 3. The fourth-order valence-corrected chi connectivity index (χ4v) is 5.04.